The molecule has 1 aliphatic rings. The third kappa shape index (κ3) is 5.92. The fraction of sp³-hybridized carbons (Fsp3) is 0.850. The fourth-order valence-corrected chi connectivity index (χ4v) is 3.14. The molecular weight excluding hydrogens is 342 g/mol. The molecule has 2 rings (SSSR count). The van der Waals surface area contributed by atoms with E-state index in [0.29, 0.717) is 31.0 Å². The van der Waals surface area contributed by atoms with Crippen LogP contribution < -0.4 is 10.6 Å². The van der Waals surface area contributed by atoms with E-state index in [-0.39, 0.29) is 11.3 Å². The molecule has 27 heavy (non-hydrogen) atoms. The average Bonchev–Trinajstić information content (AvgIpc) is 3.09. The highest BCUT2D eigenvalue weighted by Crippen LogP contribution is 2.42. The molecule has 0 spiro atoms. The van der Waals surface area contributed by atoms with Gasteiger partial charge in [0.05, 0.1) is 12.6 Å². The zero-order chi connectivity index (χ0) is 19.9. The summed E-state index contributed by atoms with van der Waals surface area (Å²) in [5.41, 5.74) is 0.0998. The third-order valence-corrected chi connectivity index (χ3v) is 5.25. The molecule has 0 saturated heterocycles. The molecule has 0 amide bonds. The Morgan fingerprint density at radius 3 is 2.74 bits per heavy atom. The number of aromatic nitrogens is 2. The summed E-state index contributed by atoms with van der Waals surface area (Å²) in [6, 6.07) is 0.359. The highest BCUT2D eigenvalue weighted by molar-refractivity contribution is 5.80. The van der Waals surface area contributed by atoms with Gasteiger partial charge in [0.25, 0.3) is 0 Å². The van der Waals surface area contributed by atoms with E-state index >= 15 is 0 Å². The standard InChI is InChI=1S/C20H37N5O2/c1-7-9-12-26-16-13-15(20(16,5)6)23-19(21-8-2)22-11-10-17-24-18(14(3)4)25-27-17/h14-16H,7-13H2,1-6H3,(H2,21,22,23). The van der Waals surface area contributed by atoms with E-state index in [4.69, 9.17) is 9.26 Å². The van der Waals surface area contributed by atoms with Crippen molar-refractivity contribution >= 4 is 5.96 Å². The molecule has 1 fully saturated rings. The first-order valence-electron chi connectivity index (χ1n) is 10.4. The number of hydrogen-bond acceptors (Lipinski definition) is 5. The lowest BCUT2D eigenvalue weighted by molar-refractivity contribution is -0.113. The summed E-state index contributed by atoms with van der Waals surface area (Å²) in [5, 5.41) is 10.9. The van der Waals surface area contributed by atoms with E-state index in [1.54, 1.807) is 0 Å². The van der Waals surface area contributed by atoms with Crippen LogP contribution in [0.2, 0.25) is 0 Å². The molecule has 0 aliphatic heterocycles. The minimum absolute atomic E-state index is 0.0998. The smallest absolute Gasteiger partial charge is 0.228 e. The van der Waals surface area contributed by atoms with E-state index in [0.717, 1.165) is 37.8 Å². The zero-order valence-electron chi connectivity index (χ0n) is 17.8. The predicted molar refractivity (Wildman–Crippen MR) is 108 cm³/mol. The quantitative estimate of drug-likeness (QED) is 0.369. The van der Waals surface area contributed by atoms with Crippen molar-refractivity contribution in [2.75, 3.05) is 19.7 Å². The molecule has 1 aromatic heterocycles. The van der Waals surface area contributed by atoms with Gasteiger partial charge in [0, 0.05) is 36.9 Å². The number of nitrogens with zero attached hydrogens (tertiary/aromatic N) is 3. The van der Waals surface area contributed by atoms with Crippen LogP contribution in [0.5, 0.6) is 0 Å². The monoisotopic (exact) mass is 379 g/mol. The van der Waals surface area contributed by atoms with Crippen molar-refractivity contribution in [1.29, 1.82) is 0 Å². The zero-order valence-corrected chi connectivity index (χ0v) is 17.8. The number of rotatable bonds is 10. The van der Waals surface area contributed by atoms with Crippen LogP contribution in [0.1, 0.15) is 78.4 Å². The first kappa shape index (κ1) is 21.7. The summed E-state index contributed by atoms with van der Waals surface area (Å²) in [7, 11) is 0. The Balaban J connectivity index is 1.84. The lowest BCUT2D eigenvalue weighted by atomic mass is 9.64. The van der Waals surface area contributed by atoms with Gasteiger partial charge in [-0.1, -0.05) is 46.2 Å². The van der Waals surface area contributed by atoms with Crippen LogP contribution in [0.25, 0.3) is 0 Å². The molecule has 0 bridgehead atoms. The molecule has 1 saturated carbocycles. The highest BCUT2D eigenvalue weighted by atomic mass is 16.5. The van der Waals surface area contributed by atoms with E-state index in [1.807, 2.05) is 0 Å². The predicted octanol–water partition coefficient (Wildman–Crippen LogP) is 3.27. The average molecular weight is 380 g/mol. The maximum Gasteiger partial charge on any atom is 0.228 e. The van der Waals surface area contributed by atoms with Gasteiger partial charge < -0.3 is 19.9 Å². The molecule has 154 valence electrons. The van der Waals surface area contributed by atoms with Crippen molar-refractivity contribution in [3.05, 3.63) is 11.7 Å². The van der Waals surface area contributed by atoms with Crippen LogP contribution in [0.15, 0.2) is 9.52 Å². The van der Waals surface area contributed by atoms with Crippen molar-refractivity contribution in [3.63, 3.8) is 0 Å². The van der Waals surface area contributed by atoms with Gasteiger partial charge in [-0.2, -0.15) is 4.98 Å². The molecule has 7 heteroatoms. The topological polar surface area (TPSA) is 84.6 Å². The third-order valence-electron chi connectivity index (χ3n) is 5.25. The van der Waals surface area contributed by atoms with E-state index < -0.39 is 0 Å². The lowest BCUT2D eigenvalue weighted by Crippen LogP contribution is -2.63. The van der Waals surface area contributed by atoms with Gasteiger partial charge in [0.15, 0.2) is 11.8 Å². The van der Waals surface area contributed by atoms with Crippen LogP contribution in [0.4, 0.5) is 0 Å². The van der Waals surface area contributed by atoms with Crippen LogP contribution in [-0.4, -0.2) is 47.9 Å². The second-order valence-electron chi connectivity index (χ2n) is 8.18. The molecule has 2 atom stereocenters. The van der Waals surface area contributed by atoms with Gasteiger partial charge in [0.2, 0.25) is 5.89 Å². The van der Waals surface area contributed by atoms with Crippen molar-refractivity contribution in [3.8, 4) is 0 Å². The van der Waals surface area contributed by atoms with Gasteiger partial charge >= 0.3 is 0 Å². The molecule has 1 aliphatic carbocycles. The minimum Gasteiger partial charge on any atom is -0.378 e. The number of unbranched alkanes of at least 4 members (excludes halogenated alkanes) is 1. The van der Waals surface area contributed by atoms with E-state index in [9.17, 15) is 0 Å². The number of aliphatic imine (C=N–C) groups is 1. The Bertz CT molecular complexity index is 597. The number of nitrogens with one attached hydrogen (secondary N) is 2. The van der Waals surface area contributed by atoms with Crippen molar-refractivity contribution in [2.45, 2.75) is 85.3 Å². The summed E-state index contributed by atoms with van der Waals surface area (Å²) in [4.78, 5) is 9.08. The van der Waals surface area contributed by atoms with Crippen LogP contribution in [-0.2, 0) is 11.2 Å². The van der Waals surface area contributed by atoms with Crippen molar-refractivity contribution in [1.82, 2.24) is 20.8 Å². The van der Waals surface area contributed by atoms with Crippen molar-refractivity contribution < 1.29 is 9.26 Å². The molecule has 2 N–H and O–H groups in total. The van der Waals surface area contributed by atoms with Crippen molar-refractivity contribution in [2.24, 2.45) is 10.4 Å². The van der Waals surface area contributed by atoms with Crippen LogP contribution >= 0.6 is 0 Å². The molecule has 1 heterocycles. The van der Waals surface area contributed by atoms with Crippen LogP contribution in [0.3, 0.4) is 0 Å². The summed E-state index contributed by atoms with van der Waals surface area (Å²) in [6.45, 7) is 15.2. The van der Waals surface area contributed by atoms with Gasteiger partial charge in [-0.25, -0.2) is 0 Å². The van der Waals surface area contributed by atoms with Gasteiger partial charge in [-0.05, 0) is 19.8 Å². The number of hydrogen-bond donors (Lipinski definition) is 2. The second kappa shape index (κ2) is 10.1. The maximum absolute atomic E-state index is 6.04. The first-order valence-corrected chi connectivity index (χ1v) is 10.4. The molecule has 2 unspecified atom stereocenters. The Kier molecular flexibility index (Phi) is 8.07. The number of ether oxygens (including phenoxy) is 1. The Hall–Kier alpha value is -1.63. The maximum atomic E-state index is 6.04. The second-order valence-corrected chi connectivity index (χ2v) is 8.18. The first-order chi connectivity index (χ1) is 12.9. The Labute approximate surface area is 163 Å². The summed E-state index contributed by atoms with van der Waals surface area (Å²) >= 11 is 0. The van der Waals surface area contributed by atoms with Gasteiger partial charge in [-0.3, -0.25) is 4.99 Å². The molecule has 0 aromatic carbocycles. The summed E-state index contributed by atoms with van der Waals surface area (Å²) < 4.78 is 11.3. The molecule has 0 radical (unpaired) electrons. The molecule has 1 aromatic rings. The normalized spacial score (nSPS) is 22.0. The minimum atomic E-state index is 0.0998. The lowest BCUT2D eigenvalue weighted by Gasteiger charge is -2.52. The van der Waals surface area contributed by atoms with Gasteiger partial charge in [0.1, 0.15) is 0 Å². The van der Waals surface area contributed by atoms with Gasteiger partial charge in [-0.15, -0.1) is 0 Å². The molecular formula is C20H37N5O2. The highest BCUT2D eigenvalue weighted by Gasteiger charge is 2.49. The summed E-state index contributed by atoms with van der Waals surface area (Å²) in [5.74, 6) is 2.51. The fourth-order valence-electron chi connectivity index (χ4n) is 3.14. The Morgan fingerprint density at radius 2 is 2.15 bits per heavy atom. The largest absolute Gasteiger partial charge is 0.378 e. The van der Waals surface area contributed by atoms with E-state index in [1.165, 1.54) is 6.42 Å². The molecule has 7 nitrogen and oxygen atoms in total. The summed E-state index contributed by atoms with van der Waals surface area (Å²) in [6.07, 6.45) is 4.28. The Morgan fingerprint density at radius 1 is 1.37 bits per heavy atom. The van der Waals surface area contributed by atoms with E-state index in [2.05, 4.69) is 67.3 Å². The van der Waals surface area contributed by atoms with Crippen LogP contribution in [0, 0.1) is 5.41 Å². The number of guanidine groups is 1. The SMILES string of the molecule is CCCCOC1CC(NC(=NCCc2nc(C(C)C)no2)NCC)C1(C)C.